The minimum absolute atomic E-state index is 0.00905. The lowest BCUT2D eigenvalue weighted by Gasteiger charge is -2.13. The summed E-state index contributed by atoms with van der Waals surface area (Å²) in [5.41, 5.74) is 0. The van der Waals surface area contributed by atoms with E-state index in [0.717, 1.165) is 0 Å². The maximum atomic E-state index is 11.1. The number of esters is 2. The largest absolute Gasteiger partial charge is 0.462 e. The number of ether oxygens (including phenoxy) is 2. The topological polar surface area (TPSA) is 93.1 Å². The summed E-state index contributed by atoms with van der Waals surface area (Å²) in [6.45, 7) is 1.52. The first-order chi connectivity index (χ1) is 8.10. The molecule has 0 aromatic rings. The Morgan fingerprint density at radius 3 is 2.12 bits per heavy atom. The fourth-order valence-corrected chi connectivity index (χ4v) is 1.05. The normalized spacial score (nSPS) is 11.9. The van der Waals surface area contributed by atoms with Crippen LogP contribution in [0.3, 0.4) is 0 Å². The van der Waals surface area contributed by atoms with E-state index in [4.69, 9.17) is 19.7 Å². The summed E-state index contributed by atoms with van der Waals surface area (Å²) in [6, 6.07) is 0. The zero-order valence-electron chi connectivity index (χ0n) is 10.1. The lowest BCUT2D eigenvalue weighted by atomic mass is 10.3. The standard InChI is InChI=1S/C11H20O6/c1-9(17-11(15)5-3-7-13)8-16-10(14)4-2-6-12/h9,12-13H,2-8H2,1H3. The molecule has 0 saturated carbocycles. The van der Waals surface area contributed by atoms with Crippen molar-refractivity contribution < 1.29 is 29.3 Å². The average Bonchev–Trinajstić information content (AvgIpc) is 2.31. The van der Waals surface area contributed by atoms with Crippen molar-refractivity contribution in [3.8, 4) is 0 Å². The number of hydrogen-bond donors (Lipinski definition) is 2. The van der Waals surface area contributed by atoms with Crippen LogP contribution in [0.1, 0.15) is 32.6 Å². The molecule has 0 aliphatic rings. The zero-order valence-corrected chi connectivity index (χ0v) is 10.1. The van der Waals surface area contributed by atoms with Crippen molar-refractivity contribution in [2.24, 2.45) is 0 Å². The Hall–Kier alpha value is -1.14. The molecule has 1 unspecified atom stereocenters. The second-order valence-corrected chi connectivity index (χ2v) is 3.64. The molecule has 100 valence electrons. The number of aliphatic hydroxyl groups excluding tert-OH is 2. The van der Waals surface area contributed by atoms with Crippen molar-refractivity contribution in [3.05, 3.63) is 0 Å². The van der Waals surface area contributed by atoms with E-state index in [9.17, 15) is 9.59 Å². The Morgan fingerprint density at radius 1 is 1.06 bits per heavy atom. The summed E-state index contributed by atoms with van der Waals surface area (Å²) in [5, 5.41) is 17.0. The van der Waals surface area contributed by atoms with Gasteiger partial charge in [-0.05, 0) is 19.8 Å². The summed E-state index contributed by atoms with van der Waals surface area (Å²) in [7, 11) is 0. The Bertz CT molecular complexity index is 228. The van der Waals surface area contributed by atoms with Gasteiger partial charge in [-0.25, -0.2) is 0 Å². The molecule has 0 saturated heterocycles. The Labute approximate surface area is 101 Å². The molecule has 0 bridgehead atoms. The Balaban J connectivity index is 3.60. The average molecular weight is 248 g/mol. The second-order valence-electron chi connectivity index (χ2n) is 3.64. The smallest absolute Gasteiger partial charge is 0.306 e. The first kappa shape index (κ1) is 15.9. The van der Waals surface area contributed by atoms with Crippen LogP contribution in [0.4, 0.5) is 0 Å². The molecule has 0 fully saturated rings. The molecule has 0 aromatic carbocycles. The molecule has 6 heteroatoms. The molecule has 0 radical (unpaired) electrons. The predicted octanol–water partition coefficient (Wildman–Crippen LogP) is 0.00630. The number of hydrogen-bond acceptors (Lipinski definition) is 6. The van der Waals surface area contributed by atoms with Crippen LogP contribution < -0.4 is 0 Å². The molecule has 17 heavy (non-hydrogen) atoms. The summed E-state index contributed by atoms with van der Waals surface area (Å²) in [6.07, 6.45) is 0.533. The van der Waals surface area contributed by atoms with E-state index in [2.05, 4.69) is 0 Å². The molecule has 0 aliphatic carbocycles. The van der Waals surface area contributed by atoms with Crippen LogP contribution in [0, 0.1) is 0 Å². The highest BCUT2D eigenvalue weighted by atomic mass is 16.6. The third kappa shape index (κ3) is 9.77. The summed E-state index contributed by atoms with van der Waals surface area (Å²) in [5.74, 6) is -0.838. The van der Waals surface area contributed by atoms with Gasteiger partial charge in [0.1, 0.15) is 12.7 Å². The highest BCUT2D eigenvalue weighted by Crippen LogP contribution is 2.00. The van der Waals surface area contributed by atoms with Gasteiger partial charge in [0.05, 0.1) is 0 Å². The lowest BCUT2D eigenvalue weighted by molar-refractivity contribution is -0.158. The van der Waals surface area contributed by atoms with E-state index in [1.807, 2.05) is 0 Å². The Kier molecular flexibility index (Phi) is 9.37. The van der Waals surface area contributed by atoms with Gasteiger partial charge in [0.25, 0.3) is 0 Å². The molecule has 0 heterocycles. The molecule has 0 amide bonds. The van der Waals surface area contributed by atoms with Crippen molar-refractivity contribution >= 4 is 11.9 Å². The van der Waals surface area contributed by atoms with Crippen LogP contribution in [0.15, 0.2) is 0 Å². The number of carbonyl (C=O) groups excluding carboxylic acids is 2. The van der Waals surface area contributed by atoms with Gasteiger partial charge in [-0.2, -0.15) is 0 Å². The SMILES string of the molecule is CC(COC(=O)CCCO)OC(=O)CCCO. The molecular weight excluding hydrogens is 228 g/mol. The van der Waals surface area contributed by atoms with Gasteiger partial charge in [0.15, 0.2) is 0 Å². The van der Waals surface area contributed by atoms with Crippen LogP contribution in [0.25, 0.3) is 0 Å². The van der Waals surface area contributed by atoms with Crippen LogP contribution >= 0.6 is 0 Å². The van der Waals surface area contributed by atoms with E-state index in [0.29, 0.717) is 12.8 Å². The van der Waals surface area contributed by atoms with Gasteiger partial charge < -0.3 is 19.7 Å². The van der Waals surface area contributed by atoms with Gasteiger partial charge in [-0.3, -0.25) is 9.59 Å². The van der Waals surface area contributed by atoms with Crippen LogP contribution in [-0.2, 0) is 19.1 Å². The molecular formula is C11H20O6. The van der Waals surface area contributed by atoms with E-state index >= 15 is 0 Å². The van der Waals surface area contributed by atoms with E-state index in [1.54, 1.807) is 6.92 Å². The van der Waals surface area contributed by atoms with Gasteiger partial charge in [0.2, 0.25) is 0 Å². The maximum absolute atomic E-state index is 11.1. The highest BCUT2D eigenvalue weighted by Gasteiger charge is 2.11. The predicted molar refractivity (Wildman–Crippen MR) is 59.2 cm³/mol. The first-order valence-corrected chi connectivity index (χ1v) is 5.67. The van der Waals surface area contributed by atoms with Crippen molar-refractivity contribution in [1.82, 2.24) is 0 Å². The molecule has 2 N–H and O–H groups in total. The molecule has 0 spiro atoms. The minimum Gasteiger partial charge on any atom is -0.462 e. The molecule has 1 atom stereocenters. The zero-order chi connectivity index (χ0) is 13.1. The van der Waals surface area contributed by atoms with Gasteiger partial charge in [-0.15, -0.1) is 0 Å². The fourth-order valence-electron chi connectivity index (χ4n) is 1.05. The van der Waals surface area contributed by atoms with E-state index in [1.165, 1.54) is 0 Å². The monoisotopic (exact) mass is 248 g/mol. The minimum atomic E-state index is -0.501. The summed E-state index contributed by atoms with van der Waals surface area (Å²) >= 11 is 0. The Morgan fingerprint density at radius 2 is 1.59 bits per heavy atom. The van der Waals surface area contributed by atoms with Gasteiger partial charge >= 0.3 is 11.9 Å². The quantitative estimate of drug-likeness (QED) is 0.558. The van der Waals surface area contributed by atoms with E-state index < -0.39 is 18.0 Å². The van der Waals surface area contributed by atoms with Crippen molar-refractivity contribution in [3.63, 3.8) is 0 Å². The molecule has 0 aromatic heterocycles. The van der Waals surface area contributed by atoms with Gasteiger partial charge in [0, 0.05) is 26.1 Å². The van der Waals surface area contributed by atoms with Crippen molar-refractivity contribution in [2.75, 3.05) is 19.8 Å². The van der Waals surface area contributed by atoms with Crippen LogP contribution in [-0.4, -0.2) is 48.1 Å². The third-order valence-electron chi connectivity index (χ3n) is 1.89. The third-order valence-corrected chi connectivity index (χ3v) is 1.89. The number of carbonyl (C=O) groups is 2. The maximum Gasteiger partial charge on any atom is 0.306 e. The second kappa shape index (κ2) is 10.0. The molecule has 0 rings (SSSR count). The van der Waals surface area contributed by atoms with Crippen LogP contribution in [0.5, 0.6) is 0 Å². The molecule has 0 aliphatic heterocycles. The molecule has 6 nitrogen and oxygen atoms in total. The number of rotatable bonds is 9. The van der Waals surface area contributed by atoms with Crippen molar-refractivity contribution in [2.45, 2.75) is 38.7 Å². The summed E-state index contributed by atoms with van der Waals surface area (Å²) in [4.78, 5) is 22.2. The fraction of sp³-hybridized carbons (Fsp3) is 0.818. The lowest BCUT2D eigenvalue weighted by Crippen LogP contribution is -2.22. The first-order valence-electron chi connectivity index (χ1n) is 5.67. The van der Waals surface area contributed by atoms with Crippen LogP contribution in [0.2, 0.25) is 0 Å². The highest BCUT2D eigenvalue weighted by molar-refractivity contribution is 5.70. The van der Waals surface area contributed by atoms with E-state index in [-0.39, 0.29) is 32.7 Å². The number of aliphatic hydroxyl groups is 2. The summed E-state index contributed by atoms with van der Waals surface area (Å²) < 4.78 is 9.77. The van der Waals surface area contributed by atoms with Gasteiger partial charge in [-0.1, -0.05) is 0 Å². The van der Waals surface area contributed by atoms with Crippen molar-refractivity contribution in [1.29, 1.82) is 0 Å².